The average Bonchev–Trinajstić information content (AvgIpc) is 3.72. The molecule has 4 heteroatoms. The van der Waals surface area contributed by atoms with Gasteiger partial charge in [-0.05, 0) is 46.5 Å². The van der Waals surface area contributed by atoms with Crippen molar-refractivity contribution in [3.63, 3.8) is 0 Å². The molecule has 3 atom stereocenters. The average molecular weight is 672 g/mol. The monoisotopic (exact) mass is 670 g/mol. The first-order chi connectivity index (χ1) is 20.2. The molecule has 3 unspecified atom stereocenters. The van der Waals surface area contributed by atoms with E-state index >= 15 is 0 Å². The highest BCUT2D eigenvalue weighted by atomic mass is 79.9. The Balaban J connectivity index is 1.49. The highest BCUT2D eigenvalue weighted by Crippen LogP contribution is 2.68. The van der Waals surface area contributed by atoms with Crippen LogP contribution in [0, 0.1) is 5.92 Å². The first-order valence-electron chi connectivity index (χ1n) is 13.9. The molecule has 1 spiro atoms. The van der Waals surface area contributed by atoms with E-state index in [0.717, 1.165) is 30.9 Å². The van der Waals surface area contributed by atoms with Gasteiger partial charge < -0.3 is 4.42 Å². The van der Waals surface area contributed by atoms with E-state index in [0.29, 0.717) is 5.92 Å². The van der Waals surface area contributed by atoms with Crippen LogP contribution in [0.1, 0.15) is 28.2 Å². The van der Waals surface area contributed by atoms with Crippen molar-refractivity contribution in [3.05, 3.63) is 140 Å². The van der Waals surface area contributed by atoms with Crippen molar-refractivity contribution in [2.24, 2.45) is 5.92 Å². The topological polar surface area (TPSA) is 13.1 Å². The van der Waals surface area contributed by atoms with Crippen LogP contribution in [-0.4, -0.2) is 0 Å². The first-order valence-corrected chi connectivity index (χ1v) is 16.3. The first kappa shape index (κ1) is 23.2. The van der Waals surface area contributed by atoms with E-state index < -0.39 is 0 Å². The van der Waals surface area contributed by atoms with Crippen LogP contribution in [0.3, 0.4) is 0 Å². The third kappa shape index (κ3) is 2.64. The Bertz CT molecular complexity index is 2240. The zero-order valence-corrected chi connectivity index (χ0v) is 25.6. The number of hydrogen-bond acceptors (Lipinski definition) is 2. The van der Waals surface area contributed by atoms with Gasteiger partial charge in [0, 0.05) is 62.9 Å². The normalized spacial score (nSPS) is 21.8. The minimum atomic E-state index is -0.338. The van der Waals surface area contributed by atoms with Crippen LogP contribution in [0.15, 0.2) is 123 Å². The fourth-order valence-electron chi connectivity index (χ4n) is 8.26. The predicted molar refractivity (Wildman–Crippen MR) is 178 cm³/mol. The van der Waals surface area contributed by atoms with Crippen molar-refractivity contribution in [2.45, 2.75) is 11.3 Å². The van der Waals surface area contributed by atoms with E-state index in [2.05, 4.69) is 141 Å². The summed E-state index contributed by atoms with van der Waals surface area (Å²) in [6.45, 7) is 0. The van der Waals surface area contributed by atoms with E-state index in [1.165, 1.54) is 53.6 Å². The number of thiophene rings is 1. The zero-order valence-electron chi connectivity index (χ0n) is 21.6. The van der Waals surface area contributed by atoms with Gasteiger partial charge in [-0.2, -0.15) is 0 Å². The highest BCUT2D eigenvalue weighted by molar-refractivity contribution is 9.11. The Morgan fingerprint density at radius 2 is 1.39 bits per heavy atom. The SMILES string of the molecule is Brc1cc2c(c3oc4ccccc4c13)-c1c(cc(Br)c3c1sc1ccccc13)C21c2ccccc2C2C=CC=CC21. The standard InChI is InChI=1S/C37H20Br2OS/c38-27-17-25-33(35-31(27)21-11-3-7-15-29(21)40-35)34-26(18-28(39)32-22-12-4-8-16-30(22)41-36(32)34)37(25)23-13-5-1-9-19(23)20-10-2-6-14-24(20)37/h1-19,23H. The summed E-state index contributed by atoms with van der Waals surface area (Å²) in [4.78, 5) is 0. The van der Waals surface area contributed by atoms with E-state index in [1.807, 2.05) is 11.3 Å². The Morgan fingerprint density at radius 1 is 0.683 bits per heavy atom. The summed E-state index contributed by atoms with van der Waals surface area (Å²) >= 11 is 10.0. The molecule has 0 saturated carbocycles. The van der Waals surface area contributed by atoms with E-state index in [9.17, 15) is 0 Å². The molecule has 2 aromatic heterocycles. The maximum atomic E-state index is 6.84. The maximum absolute atomic E-state index is 6.84. The summed E-state index contributed by atoms with van der Waals surface area (Å²) in [5.74, 6) is 0.578. The number of fused-ring (bicyclic) bond motifs is 18. The number of halogens is 2. The Morgan fingerprint density at radius 3 is 2.29 bits per heavy atom. The molecule has 5 aromatic carbocycles. The van der Waals surface area contributed by atoms with E-state index in [1.54, 1.807) is 0 Å². The van der Waals surface area contributed by atoms with Crippen LogP contribution >= 0.6 is 43.2 Å². The summed E-state index contributed by atoms with van der Waals surface area (Å²) in [6, 6.07) is 31.2. The van der Waals surface area contributed by atoms with Gasteiger partial charge in [-0.1, -0.05) is 117 Å². The second-order valence-corrected chi connectivity index (χ2v) is 14.1. The number of rotatable bonds is 0. The minimum Gasteiger partial charge on any atom is -0.455 e. The van der Waals surface area contributed by atoms with Gasteiger partial charge in [0.05, 0.1) is 5.41 Å². The van der Waals surface area contributed by atoms with Crippen LogP contribution < -0.4 is 0 Å². The molecule has 0 bridgehead atoms. The van der Waals surface area contributed by atoms with Crippen molar-refractivity contribution in [2.75, 3.05) is 0 Å². The van der Waals surface area contributed by atoms with Crippen molar-refractivity contribution in [1.29, 1.82) is 0 Å². The quantitative estimate of drug-likeness (QED) is 0.156. The van der Waals surface area contributed by atoms with E-state index in [-0.39, 0.29) is 11.3 Å². The van der Waals surface area contributed by atoms with Crippen molar-refractivity contribution in [1.82, 2.24) is 0 Å². The van der Waals surface area contributed by atoms with E-state index in [4.69, 9.17) is 4.42 Å². The molecular weight excluding hydrogens is 652 g/mol. The molecule has 1 nitrogen and oxygen atoms in total. The van der Waals surface area contributed by atoms with Gasteiger partial charge in [-0.15, -0.1) is 11.3 Å². The molecular formula is C37H20Br2OS. The van der Waals surface area contributed by atoms with Crippen LogP contribution in [0.5, 0.6) is 0 Å². The molecule has 0 N–H and O–H groups in total. The maximum Gasteiger partial charge on any atom is 0.144 e. The number of hydrogen-bond donors (Lipinski definition) is 0. The number of para-hydroxylation sites is 1. The third-order valence-electron chi connectivity index (χ3n) is 9.68. The molecule has 7 aromatic rings. The molecule has 0 saturated heterocycles. The van der Waals surface area contributed by atoms with Gasteiger partial charge in [0.15, 0.2) is 0 Å². The molecule has 194 valence electrons. The van der Waals surface area contributed by atoms with Crippen LogP contribution in [0.25, 0.3) is 53.2 Å². The van der Waals surface area contributed by atoms with Gasteiger partial charge in [0.25, 0.3) is 0 Å². The summed E-state index contributed by atoms with van der Waals surface area (Å²) in [5, 5.41) is 4.89. The summed E-state index contributed by atoms with van der Waals surface area (Å²) in [6.07, 6.45) is 9.31. The predicted octanol–water partition coefficient (Wildman–Crippen LogP) is 11.6. The number of allylic oxidation sites excluding steroid dienone is 4. The van der Waals surface area contributed by atoms with Gasteiger partial charge in [0.1, 0.15) is 11.2 Å². The zero-order chi connectivity index (χ0) is 27.0. The van der Waals surface area contributed by atoms with Crippen LogP contribution in [-0.2, 0) is 5.41 Å². The Labute approximate surface area is 257 Å². The number of furan rings is 1. The minimum absolute atomic E-state index is 0.261. The molecule has 0 radical (unpaired) electrons. The van der Waals surface area contributed by atoms with Crippen LogP contribution in [0.4, 0.5) is 0 Å². The Hall–Kier alpha value is -3.44. The second-order valence-electron chi connectivity index (χ2n) is 11.4. The second kappa shape index (κ2) is 7.89. The summed E-state index contributed by atoms with van der Waals surface area (Å²) in [7, 11) is 0. The summed E-state index contributed by atoms with van der Waals surface area (Å²) in [5.41, 5.74) is 9.67. The lowest BCUT2D eigenvalue weighted by molar-refractivity contribution is 0.465. The fraction of sp³-hybridized carbons (Fsp3) is 0.0811. The van der Waals surface area contributed by atoms with Crippen LogP contribution in [0.2, 0.25) is 0 Å². The lowest BCUT2D eigenvalue weighted by Crippen LogP contribution is -2.33. The molecule has 2 heterocycles. The highest BCUT2D eigenvalue weighted by Gasteiger charge is 2.58. The summed E-state index contributed by atoms with van der Waals surface area (Å²) < 4.78 is 11.7. The molecule has 3 aliphatic carbocycles. The fourth-order valence-corrected chi connectivity index (χ4v) is 10.9. The third-order valence-corrected chi connectivity index (χ3v) is 12.1. The largest absolute Gasteiger partial charge is 0.455 e. The Kier molecular flexibility index (Phi) is 4.46. The molecule has 10 rings (SSSR count). The molecule has 41 heavy (non-hydrogen) atoms. The van der Waals surface area contributed by atoms with Gasteiger partial charge in [-0.3, -0.25) is 0 Å². The molecule has 0 aliphatic heterocycles. The lowest BCUT2D eigenvalue weighted by atomic mass is 9.65. The molecule has 0 amide bonds. The molecule has 0 fully saturated rings. The van der Waals surface area contributed by atoms with Gasteiger partial charge >= 0.3 is 0 Å². The van der Waals surface area contributed by atoms with Crippen molar-refractivity contribution in [3.8, 4) is 11.1 Å². The van der Waals surface area contributed by atoms with Gasteiger partial charge in [0.2, 0.25) is 0 Å². The smallest absolute Gasteiger partial charge is 0.144 e. The van der Waals surface area contributed by atoms with Crippen molar-refractivity contribution >= 4 is 85.3 Å². The lowest BCUT2D eigenvalue weighted by Gasteiger charge is -2.36. The number of benzene rings is 5. The van der Waals surface area contributed by atoms with Crippen molar-refractivity contribution < 1.29 is 4.42 Å². The molecule has 3 aliphatic rings. The van der Waals surface area contributed by atoms with Gasteiger partial charge in [-0.25, -0.2) is 0 Å².